The maximum absolute atomic E-state index is 11.7. The van der Waals surface area contributed by atoms with Crippen molar-refractivity contribution in [2.75, 3.05) is 39.3 Å². The summed E-state index contributed by atoms with van der Waals surface area (Å²) in [6.07, 6.45) is 1.54. The van der Waals surface area contributed by atoms with Gasteiger partial charge in [0, 0.05) is 44.8 Å². The number of nitrogens with zero attached hydrogens (tertiary/aromatic N) is 1. The van der Waals surface area contributed by atoms with E-state index in [1.54, 1.807) is 12.3 Å². The van der Waals surface area contributed by atoms with Crippen LogP contribution < -0.4 is 10.6 Å². The third-order valence-electron chi connectivity index (χ3n) is 2.99. The Labute approximate surface area is 101 Å². The van der Waals surface area contributed by atoms with Crippen LogP contribution in [-0.4, -0.2) is 50.1 Å². The lowest BCUT2D eigenvalue weighted by Crippen LogP contribution is -2.46. The zero-order valence-corrected chi connectivity index (χ0v) is 10.2. The summed E-state index contributed by atoms with van der Waals surface area (Å²) < 4.78 is 5.13. The summed E-state index contributed by atoms with van der Waals surface area (Å²) in [4.78, 5) is 14.1. The monoisotopic (exact) mass is 237 g/mol. The summed E-state index contributed by atoms with van der Waals surface area (Å²) in [5.74, 6) is 0.299. The van der Waals surface area contributed by atoms with Crippen molar-refractivity contribution in [1.29, 1.82) is 0 Å². The first-order valence-corrected chi connectivity index (χ1v) is 6.03. The summed E-state index contributed by atoms with van der Waals surface area (Å²) in [6.45, 7) is 7.60. The third kappa shape index (κ3) is 3.31. The molecule has 1 fully saturated rings. The van der Waals surface area contributed by atoms with Crippen LogP contribution in [-0.2, 0) is 0 Å². The third-order valence-corrected chi connectivity index (χ3v) is 2.99. The van der Waals surface area contributed by atoms with E-state index in [2.05, 4.69) is 15.5 Å². The van der Waals surface area contributed by atoms with Gasteiger partial charge in [-0.15, -0.1) is 0 Å². The highest BCUT2D eigenvalue weighted by Gasteiger charge is 2.13. The summed E-state index contributed by atoms with van der Waals surface area (Å²) in [5.41, 5.74) is 0.879. The molecule has 5 nitrogen and oxygen atoms in total. The van der Waals surface area contributed by atoms with Gasteiger partial charge in [-0.25, -0.2) is 0 Å². The maximum Gasteiger partial charge on any atom is 0.287 e. The molecule has 2 rings (SSSR count). The number of hydrogen-bond acceptors (Lipinski definition) is 4. The molecule has 0 spiro atoms. The molecule has 1 aliphatic heterocycles. The molecule has 1 aromatic heterocycles. The molecule has 1 amide bonds. The van der Waals surface area contributed by atoms with Crippen LogP contribution in [0.15, 0.2) is 16.7 Å². The van der Waals surface area contributed by atoms with Crippen molar-refractivity contribution in [3.05, 3.63) is 23.7 Å². The molecule has 0 atom stereocenters. The van der Waals surface area contributed by atoms with Crippen LogP contribution in [0.1, 0.15) is 16.1 Å². The van der Waals surface area contributed by atoms with Crippen molar-refractivity contribution in [1.82, 2.24) is 15.5 Å². The van der Waals surface area contributed by atoms with E-state index in [9.17, 15) is 4.79 Å². The van der Waals surface area contributed by atoms with E-state index in [0.29, 0.717) is 12.3 Å². The van der Waals surface area contributed by atoms with E-state index in [1.165, 1.54) is 0 Å². The molecule has 1 aliphatic rings. The van der Waals surface area contributed by atoms with Gasteiger partial charge in [0.05, 0.1) is 6.26 Å². The SMILES string of the molecule is Cc1ccoc1C(=O)NCCN1CCNCC1. The molecule has 0 aliphatic carbocycles. The molecular weight excluding hydrogens is 218 g/mol. The van der Waals surface area contributed by atoms with E-state index in [4.69, 9.17) is 4.42 Å². The number of amides is 1. The minimum atomic E-state index is -0.123. The van der Waals surface area contributed by atoms with Crippen molar-refractivity contribution in [3.8, 4) is 0 Å². The first kappa shape index (κ1) is 12.1. The van der Waals surface area contributed by atoms with Crippen molar-refractivity contribution in [2.45, 2.75) is 6.92 Å². The summed E-state index contributed by atoms with van der Waals surface area (Å²) >= 11 is 0. The molecule has 0 aromatic carbocycles. The Bertz CT molecular complexity index is 370. The number of hydrogen-bond donors (Lipinski definition) is 2. The van der Waals surface area contributed by atoms with Crippen molar-refractivity contribution < 1.29 is 9.21 Å². The summed E-state index contributed by atoms with van der Waals surface area (Å²) in [5, 5.41) is 6.18. The second kappa shape index (κ2) is 5.84. The largest absolute Gasteiger partial charge is 0.459 e. The van der Waals surface area contributed by atoms with Gasteiger partial charge in [0.25, 0.3) is 5.91 Å². The smallest absolute Gasteiger partial charge is 0.287 e. The Hall–Kier alpha value is -1.33. The second-order valence-corrected chi connectivity index (χ2v) is 4.28. The van der Waals surface area contributed by atoms with Gasteiger partial charge in [0.15, 0.2) is 5.76 Å². The molecule has 17 heavy (non-hydrogen) atoms. The van der Waals surface area contributed by atoms with Gasteiger partial charge in [-0.3, -0.25) is 9.69 Å². The molecule has 1 saturated heterocycles. The Morgan fingerprint density at radius 3 is 2.94 bits per heavy atom. The van der Waals surface area contributed by atoms with Crippen molar-refractivity contribution >= 4 is 5.91 Å². The molecule has 2 N–H and O–H groups in total. The van der Waals surface area contributed by atoms with Crippen LogP contribution in [0.4, 0.5) is 0 Å². The molecule has 5 heteroatoms. The average Bonchev–Trinajstić information content (AvgIpc) is 2.77. The Morgan fingerprint density at radius 2 is 2.29 bits per heavy atom. The molecule has 2 heterocycles. The van der Waals surface area contributed by atoms with Crippen LogP contribution in [0.5, 0.6) is 0 Å². The van der Waals surface area contributed by atoms with Crippen LogP contribution in [0.2, 0.25) is 0 Å². The van der Waals surface area contributed by atoms with Gasteiger partial charge in [-0.1, -0.05) is 0 Å². The van der Waals surface area contributed by atoms with Crippen LogP contribution in [0.25, 0.3) is 0 Å². The van der Waals surface area contributed by atoms with Gasteiger partial charge in [-0.05, 0) is 13.0 Å². The number of piperazine rings is 1. The zero-order chi connectivity index (χ0) is 12.1. The van der Waals surface area contributed by atoms with Crippen LogP contribution in [0, 0.1) is 6.92 Å². The second-order valence-electron chi connectivity index (χ2n) is 4.28. The van der Waals surface area contributed by atoms with Gasteiger partial charge >= 0.3 is 0 Å². The summed E-state index contributed by atoms with van der Waals surface area (Å²) in [6, 6.07) is 1.80. The number of carbonyl (C=O) groups excluding carboxylic acids is 1. The topological polar surface area (TPSA) is 57.5 Å². The predicted molar refractivity (Wildman–Crippen MR) is 65.1 cm³/mol. The van der Waals surface area contributed by atoms with E-state index in [-0.39, 0.29) is 5.91 Å². The Morgan fingerprint density at radius 1 is 1.53 bits per heavy atom. The van der Waals surface area contributed by atoms with Crippen molar-refractivity contribution in [2.24, 2.45) is 0 Å². The molecular formula is C12H19N3O2. The van der Waals surface area contributed by atoms with E-state index < -0.39 is 0 Å². The lowest BCUT2D eigenvalue weighted by atomic mass is 10.2. The minimum Gasteiger partial charge on any atom is -0.459 e. The van der Waals surface area contributed by atoms with Gasteiger partial charge in [0.1, 0.15) is 0 Å². The molecule has 1 aromatic rings. The Kier molecular flexibility index (Phi) is 4.17. The van der Waals surface area contributed by atoms with E-state index >= 15 is 0 Å². The molecule has 0 saturated carbocycles. The first-order valence-electron chi connectivity index (χ1n) is 6.03. The van der Waals surface area contributed by atoms with Crippen LogP contribution >= 0.6 is 0 Å². The normalized spacial score (nSPS) is 17.0. The highest BCUT2D eigenvalue weighted by Crippen LogP contribution is 2.07. The zero-order valence-electron chi connectivity index (χ0n) is 10.2. The predicted octanol–water partition coefficient (Wildman–Crippen LogP) is 0.223. The highest BCUT2D eigenvalue weighted by molar-refractivity contribution is 5.92. The van der Waals surface area contributed by atoms with Gasteiger partial charge in [0.2, 0.25) is 0 Å². The average molecular weight is 237 g/mol. The molecule has 94 valence electrons. The lowest BCUT2D eigenvalue weighted by Gasteiger charge is -2.26. The number of furan rings is 1. The fourth-order valence-corrected chi connectivity index (χ4v) is 1.95. The quantitative estimate of drug-likeness (QED) is 0.786. The lowest BCUT2D eigenvalue weighted by molar-refractivity contribution is 0.0918. The van der Waals surface area contributed by atoms with Gasteiger partial charge < -0.3 is 15.1 Å². The first-order chi connectivity index (χ1) is 8.27. The van der Waals surface area contributed by atoms with E-state index in [1.807, 2.05) is 6.92 Å². The molecule has 0 unspecified atom stereocenters. The molecule has 0 radical (unpaired) electrons. The number of rotatable bonds is 4. The molecule has 0 bridgehead atoms. The fourth-order valence-electron chi connectivity index (χ4n) is 1.95. The number of carbonyl (C=O) groups is 1. The summed E-state index contributed by atoms with van der Waals surface area (Å²) in [7, 11) is 0. The standard InChI is InChI=1S/C12H19N3O2/c1-10-2-9-17-11(10)12(16)14-5-8-15-6-3-13-4-7-15/h2,9,13H,3-8H2,1H3,(H,14,16). The minimum absolute atomic E-state index is 0.123. The van der Waals surface area contributed by atoms with Crippen molar-refractivity contribution in [3.63, 3.8) is 0 Å². The van der Waals surface area contributed by atoms with Crippen LogP contribution in [0.3, 0.4) is 0 Å². The van der Waals surface area contributed by atoms with E-state index in [0.717, 1.165) is 38.3 Å². The highest BCUT2D eigenvalue weighted by atomic mass is 16.3. The number of nitrogens with one attached hydrogen (secondary N) is 2. The van der Waals surface area contributed by atoms with Gasteiger partial charge in [-0.2, -0.15) is 0 Å². The Balaban J connectivity index is 1.71. The number of aryl methyl sites for hydroxylation is 1. The maximum atomic E-state index is 11.7. The fraction of sp³-hybridized carbons (Fsp3) is 0.583.